The van der Waals surface area contributed by atoms with Crippen molar-refractivity contribution in [2.45, 2.75) is 96.2 Å². The van der Waals surface area contributed by atoms with Crippen LogP contribution in [0.4, 0.5) is 10.1 Å². The minimum atomic E-state index is -2.06. The molecular weight excluding hydrogens is 1300 g/mol. The second-order valence-electron chi connectivity index (χ2n) is 24.1. The Morgan fingerprint density at radius 1 is 0.690 bits per heavy atom. The largest absolute Gasteiger partial charge is 0.458 e. The number of fused-ring (bicyclic) bond motifs is 7. The van der Waals surface area contributed by atoms with Gasteiger partial charge in [-0.25, -0.2) is 14.2 Å². The Balaban J connectivity index is 0.560. The average molecular weight is 1380 g/mol. The number of benzene rings is 4. The summed E-state index contributed by atoms with van der Waals surface area (Å²) in [4.78, 5) is 137. The molecule has 2 aromatic heterocycles. The molecule has 0 bridgehead atoms. The molecule has 4 aliphatic rings. The highest BCUT2D eigenvalue weighted by molar-refractivity contribution is 5.98. The van der Waals surface area contributed by atoms with Gasteiger partial charge in [0.25, 0.3) is 5.56 Å². The molecular formula is C72H79FN10O17. The van der Waals surface area contributed by atoms with Gasteiger partial charge in [0.1, 0.15) is 31.8 Å². The average Bonchev–Trinajstić information content (AvgIpc) is 1.52. The van der Waals surface area contributed by atoms with Gasteiger partial charge in [0.2, 0.25) is 47.3 Å². The van der Waals surface area contributed by atoms with E-state index in [1.165, 1.54) is 10.6 Å². The highest BCUT2D eigenvalue weighted by atomic mass is 19.1. The molecule has 1 aliphatic carbocycles. The van der Waals surface area contributed by atoms with Gasteiger partial charge in [-0.2, -0.15) is 0 Å². The van der Waals surface area contributed by atoms with Crippen LogP contribution in [-0.4, -0.2) is 166 Å². The molecule has 526 valence electrons. The lowest BCUT2D eigenvalue weighted by Crippen LogP contribution is -2.52. The molecule has 0 saturated heterocycles. The zero-order chi connectivity index (χ0) is 70.7. The monoisotopic (exact) mass is 1370 g/mol. The molecule has 8 N–H and O–H groups in total. The standard InChI is InChI=1S/C72H79FN10O17/c1-3-72(94)52-34-58-68-50(40-83(58)70(92)51(52)41-100-71(72)93)67-54(20-19-49-44(2)53(73)35-55(81-68)66(49)67)79-64(89)42-99-43-78-62(87)37-77-69(91)56(33-45-11-5-4-6-12-45)80-63(88)38-76-61(86)36-75-60(85)23-25-95-27-29-97-31-32-98-30-28-96-26-24-74-59(84)21-22-65(90)82-39-48-15-8-7-13-46(48)17-18-47-14-9-10-16-57(47)82/h4-16,34-35,54,56,94H,3,19-33,36-43H2,1-2H3,(H,74,84)(H,75,85)(H,76,86)(H,77,91)(H,78,87)(H,79,89)(H,80,88)/t54-,56-,72-/m0/s1. The number of para-hydroxylation sites is 1. The molecule has 0 fully saturated rings. The third-order valence-electron chi connectivity index (χ3n) is 17.5. The molecule has 6 aromatic rings. The minimum absolute atomic E-state index is 0.0252. The number of halogens is 1. The number of nitrogens with one attached hydrogen (secondary N) is 7. The van der Waals surface area contributed by atoms with Gasteiger partial charge in [-0.05, 0) is 78.3 Å². The van der Waals surface area contributed by atoms with E-state index in [2.05, 4.69) is 49.1 Å². The van der Waals surface area contributed by atoms with Crippen molar-refractivity contribution < 1.29 is 81.1 Å². The number of esters is 1. The molecule has 4 aromatic carbocycles. The SMILES string of the molecule is CC[C@@]1(O)C(=O)OCc2c1cc1n(c2=O)Cc2c-1nc1cc(F)c(C)c3c1c2[C@@H](NC(=O)COCNC(=O)CNC(=O)[C@H](Cc1ccccc1)NC(=O)CNC(=O)CNC(=O)CCOCCOCCOCCOCCNC(=O)CCC(=O)N1Cc2ccccc2C#Cc2ccccc21)CC3. The van der Waals surface area contributed by atoms with Gasteiger partial charge in [-0.15, -0.1) is 0 Å². The summed E-state index contributed by atoms with van der Waals surface area (Å²) in [7, 11) is 0. The van der Waals surface area contributed by atoms with Crippen LogP contribution in [0, 0.1) is 24.6 Å². The number of amides is 8. The van der Waals surface area contributed by atoms with Crippen molar-refractivity contribution in [3.63, 3.8) is 0 Å². The summed E-state index contributed by atoms with van der Waals surface area (Å²) in [5, 5.41) is 30.2. The van der Waals surface area contributed by atoms with Crippen molar-refractivity contribution >= 4 is 69.8 Å². The van der Waals surface area contributed by atoms with E-state index in [9.17, 15) is 53.1 Å². The van der Waals surface area contributed by atoms with E-state index in [1.807, 2.05) is 48.5 Å². The van der Waals surface area contributed by atoms with Crippen molar-refractivity contribution in [1.29, 1.82) is 0 Å². The summed E-state index contributed by atoms with van der Waals surface area (Å²) in [6.07, 6.45) is 0.726. The van der Waals surface area contributed by atoms with Gasteiger partial charge >= 0.3 is 5.97 Å². The summed E-state index contributed by atoms with van der Waals surface area (Å²) in [5.41, 5.74) is 5.03. The number of hydrogen-bond donors (Lipinski definition) is 8. The fourth-order valence-electron chi connectivity index (χ4n) is 12.2. The fraction of sp³-hybridized carbons (Fsp3) is 0.403. The van der Waals surface area contributed by atoms with Gasteiger partial charge in [0, 0.05) is 65.9 Å². The summed E-state index contributed by atoms with van der Waals surface area (Å²) < 4.78 is 49.7. The number of carbonyl (C=O) groups is 9. The quantitative estimate of drug-likeness (QED) is 0.0124. The first-order chi connectivity index (χ1) is 48.4. The second kappa shape index (κ2) is 34.5. The molecule has 28 heteroatoms. The minimum Gasteiger partial charge on any atom is -0.458 e. The van der Waals surface area contributed by atoms with E-state index < -0.39 is 103 Å². The molecule has 8 amide bonds. The van der Waals surface area contributed by atoms with Crippen LogP contribution in [0.5, 0.6) is 0 Å². The third kappa shape index (κ3) is 18.1. The number of hydrogen-bond acceptors (Lipinski definition) is 18. The summed E-state index contributed by atoms with van der Waals surface area (Å²) in [5.74, 6) is 0.755. The first kappa shape index (κ1) is 72.5. The lowest BCUT2D eigenvalue weighted by Gasteiger charge is -2.31. The van der Waals surface area contributed by atoms with E-state index in [0.717, 1.165) is 22.3 Å². The summed E-state index contributed by atoms with van der Waals surface area (Å²) in [6, 6.07) is 25.0. The van der Waals surface area contributed by atoms with Crippen molar-refractivity contribution in [3.05, 3.63) is 163 Å². The van der Waals surface area contributed by atoms with E-state index in [1.54, 1.807) is 55.1 Å². The predicted octanol–water partition coefficient (Wildman–Crippen LogP) is 2.10. The molecule has 0 radical (unpaired) electrons. The van der Waals surface area contributed by atoms with Crippen molar-refractivity contribution in [1.82, 2.24) is 46.8 Å². The second-order valence-corrected chi connectivity index (χ2v) is 24.1. The molecule has 5 heterocycles. The third-order valence-corrected chi connectivity index (χ3v) is 17.5. The molecule has 3 aliphatic heterocycles. The topological polar surface area (TPSA) is 352 Å². The van der Waals surface area contributed by atoms with Crippen LogP contribution in [0.1, 0.15) is 101 Å². The van der Waals surface area contributed by atoms with E-state index in [4.69, 9.17) is 33.4 Å². The molecule has 100 heavy (non-hydrogen) atoms. The van der Waals surface area contributed by atoms with E-state index >= 15 is 4.39 Å². The zero-order valence-electron chi connectivity index (χ0n) is 55.5. The van der Waals surface area contributed by atoms with Crippen LogP contribution < -0.4 is 47.7 Å². The fourth-order valence-corrected chi connectivity index (χ4v) is 12.2. The van der Waals surface area contributed by atoms with Crippen LogP contribution in [0.15, 0.2) is 95.8 Å². The van der Waals surface area contributed by atoms with Crippen LogP contribution in [-0.2, 0) is 110 Å². The molecule has 3 atom stereocenters. The number of nitrogens with zero attached hydrogens (tertiary/aromatic N) is 3. The number of cyclic esters (lactones) is 1. The highest BCUT2D eigenvalue weighted by Gasteiger charge is 2.46. The van der Waals surface area contributed by atoms with Crippen LogP contribution in [0.2, 0.25) is 0 Å². The van der Waals surface area contributed by atoms with Crippen LogP contribution >= 0.6 is 0 Å². The van der Waals surface area contributed by atoms with Gasteiger partial charge in [0.15, 0.2) is 5.60 Å². The Morgan fingerprint density at radius 2 is 1.34 bits per heavy atom. The number of aromatic nitrogens is 2. The number of ether oxygens (including phenoxy) is 6. The van der Waals surface area contributed by atoms with E-state index in [-0.39, 0.29) is 108 Å². The highest BCUT2D eigenvalue weighted by Crippen LogP contribution is 2.46. The Labute approximate surface area is 574 Å². The van der Waals surface area contributed by atoms with Gasteiger partial charge in [-0.1, -0.05) is 79.4 Å². The first-order valence-corrected chi connectivity index (χ1v) is 33.1. The Morgan fingerprint density at radius 3 is 2.10 bits per heavy atom. The summed E-state index contributed by atoms with van der Waals surface area (Å²) in [6.45, 7) is 3.11. The number of carbonyl (C=O) groups excluding carboxylic acids is 9. The first-order valence-electron chi connectivity index (χ1n) is 33.1. The Bertz CT molecular complexity index is 4210. The number of pyridine rings is 2. The maximum atomic E-state index is 15.4. The normalized spacial score (nSPS) is 15.5. The van der Waals surface area contributed by atoms with E-state index in [0.29, 0.717) is 89.4 Å². The molecule has 0 unspecified atom stereocenters. The number of aryl methyl sites for hydroxylation is 1. The molecule has 0 saturated carbocycles. The van der Waals surface area contributed by atoms with Crippen LogP contribution in [0.3, 0.4) is 0 Å². The molecule has 0 spiro atoms. The smallest absolute Gasteiger partial charge is 0.343 e. The molecule has 10 rings (SSSR count). The van der Waals surface area contributed by atoms with Gasteiger partial charge in [0.05, 0.1) is 120 Å². The summed E-state index contributed by atoms with van der Waals surface area (Å²) >= 11 is 0. The lowest BCUT2D eigenvalue weighted by molar-refractivity contribution is -0.172. The predicted molar refractivity (Wildman–Crippen MR) is 359 cm³/mol. The van der Waals surface area contributed by atoms with Crippen molar-refractivity contribution in [3.8, 4) is 23.2 Å². The molecule has 27 nitrogen and oxygen atoms in total. The van der Waals surface area contributed by atoms with Gasteiger partial charge < -0.3 is 80.2 Å². The van der Waals surface area contributed by atoms with Gasteiger partial charge in [-0.3, -0.25) is 43.2 Å². The maximum absolute atomic E-state index is 15.4. The lowest BCUT2D eigenvalue weighted by atomic mass is 9.81. The Hall–Kier alpha value is -10.3. The maximum Gasteiger partial charge on any atom is 0.343 e. The number of aliphatic hydroxyl groups is 1. The Kier molecular flexibility index (Phi) is 25.0. The number of rotatable bonds is 34. The van der Waals surface area contributed by atoms with Crippen molar-refractivity contribution in [2.24, 2.45) is 0 Å². The van der Waals surface area contributed by atoms with Crippen molar-refractivity contribution in [2.75, 3.05) is 97.3 Å². The van der Waals surface area contributed by atoms with Crippen LogP contribution in [0.25, 0.3) is 22.3 Å². The zero-order valence-corrected chi connectivity index (χ0v) is 55.5. The number of anilines is 1.